The van der Waals surface area contributed by atoms with E-state index in [1.165, 1.54) is 31.5 Å². The van der Waals surface area contributed by atoms with Gasteiger partial charge >= 0.3 is 0 Å². The molecule has 19 heavy (non-hydrogen) atoms. The van der Waals surface area contributed by atoms with E-state index in [-0.39, 0.29) is 0 Å². The molecule has 1 aromatic rings. The second-order valence-corrected chi connectivity index (χ2v) is 5.78. The number of nitrogens with one attached hydrogen (secondary N) is 1. The van der Waals surface area contributed by atoms with Crippen molar-refractivity contribution in [2.75, 3.05) is 26.7 Å². The molecule has 2 unspecified atom stereocenters. The maximum atomic E-state index is 4.38. The number of hydrogen-bond acceptors (Lipinski definition) is 3. The van der Waals surface area contributed by atoms with Crippen LogP contribution in [0.2, 0.25) is 0 Å². The van der Waals surface area contributed by atoms with Crippen molar-refractivity contribution in [3.05, 3.63) is 30.1 Å². The average molecular weight is 261 g/mol. The van der Waals surface area contributed by atoms with E-state index in [4.69, 9.17) is 0 Å². The Balaban J connectivity index is 1.70. The highest BCUT2D eigenvalue weighted by Crippen LogP contribution is 2.19. The Bertz CT molecular complexity index is 352. The van der Waals surface area contributed by atoms with Gasteiger partial charge in [0, 0.05) is 37.4 Å². The summed E-state index contributed by atoms with van der Waals surface area (Å²) in [4.78, 5) is 6.82. The molecule has 0 spiro atoms. The number of aromatic nitrogens is 1. The Morgan fingerprint density at radius 2 is 2.32 bits per heavy atom. The molecule has 2 atom stereocenters. The molecule has 0 radical (unpaired) electrons. The Hall–Kier alpha value is -0.930. The molecule has 3 heteroatoms. The van der Waals surface area contributed by atoms with Gasteiger partial charge in [-0.25, -0.2) is 0 Å². The van der Waals surface area contributed by atoms with Crippen molar-refractivity contribution in [1.82, 2.24) is 15.2 Å². The van der Waals surface area contributed by atoms with Crippen molar-refractivity contribution in [2.24, 2.45) is 5.92 Å². The molecule has 1 aliphatic heterocycles. The third kappa shape index (κ3) is 4.92. The normalized spacial score (nSPS) is 23.7. The second kappa shape index (κ2) is 7.61. The Kier molecular flexibility index (Phi) is 5.80. The third-order valence-electron chi connectivity index (χ3n) is 4.19. The predicted molar refractivity (Wildman–Crippen MR) is 80.2 cm³/mol. The van der Waals surface area contributed by atoms with Gasteiger partial charge < -0.3 is 10.2 Å². The Morgan fingerprint density at radius 1 is 1.42 bits per heavy atom. The number of rotatable bonds is 6. The van der Waals surface area contributed by atoms with Crippen LogP contribution in [0.15, 0.2) is 24.4 Å². The van der Waals surface area contributed by atoms with Crippen LogP contribution in [0.25, 0.3) is 0 Å². The average Bonchev–Trinajstić information content (AvgIpc) is 2.46. The van der Waals surface area contributed by atoms with E-state index in [1.54, 1.807) is 0 Å². The maximum absolute atomic E-state index is 4.38. The molecule has 3 nitrogen and oxygen atoms in total. The van der Waals surface area contributed by atoms with Gasteiger partial charge in [0.05, 0.1) is 0 Å². The van der Waals surface area contributed by atoms with Gasteiger partial charge in [-0.1, -0.05) is 19.4 Å². The molecular weight excluding hydrogens is 234 g/mol. The highest BCUT2D eigenvalue weighted by molar-refractivity contribution is 5.03. The van der Waals surface area contributed by atoms with Crippen molar-refractivity contribution in [3.8, 4) is 0 Å². The van der Waals surface area contributed by atoms with E-state index in [0.29, 0.717) is 6.04 Å². The quantitative estimate of drug-likeness (QED) is 0.852. The number of nitrogens with zero attached hydrogens (tertiary/aromatic N) is 2. The van der Waals surface area contributed by atoms with Crippen LogP contribution in [0.4, 0.5) is 0 Å². The standard InChI is InChI=1S/C16H27N3/c1-3-14-7-10-18-16(12-14)13-19(2)11-8-15-6-4-5-9-17-15/h4-6,9,14,16,18H,3,7-8,10-13H2,1-2H3. The zero-order chi connectivity index (χ0) is 13.5. The second-order valence-electron chi connectivity index (χ2n) is 5.78. The molecule has 2 rings (SSSR count). The van der Waals surface area contributed by atoms with Gasteiger partial charge in [0.1, 0.15) is 0 Å². The summed E-state index contributed by atoms with van der Waals surface area (Å²) < 4.78 is 0. The van der Waals surface area contributed by atoms with E-state index in [2.05, 4.69) is 41.3 Å². The van der Waals surface area contributed by atoms with Crippen molar-refractivity contribution < 1.29 is 0 Å². The highest BCUT2D eigenvalue weighted by Gasteiger charge is 2.20. The molecule has 1 aliphatic rings. The van der Waals surface area contributed by atoms with E-state index in [9.17, 15) is 0 Å². The molecule has 2 heterocycles. The molecule has 0 aromatic carbocycles. The lowest BCUT2D eigenvalue weighted by molar-refractivity contribution is 0.226. The van der Waals surface area contributed by atoms with Crippen molar-refractivity contribution in [3.63, 3.8) is 0 Å². The molecule has 0 saturated carbocycles. The molecule has 1 saturated heterocycles. The first-order valence-electron chi connectivity index (χ1n) is 7.59. The monoisotopic (exact) mass is 261 g/mol. The number of piperidine rings is 1. The Labute approximate surface area is 117 Å². The van der Waals surface area contributed by atoms with Crippen LogP contribution < -0.4 is 5.32 Å². The SMILES string of the molecule is CCC1CCNC(CN(C)CCc2ccccn2)C1. The molecule has 0 amide bonds. The minimum atomic E-state index is 0.674. The van der Waals surface area contributed by atoms with E-state index >= 15 is 0 Å². The van der Waals surface area contributed by atoms with E-state index < -0.39 is 0 Å². The fraction of sp³-hybridized carbons (Fsp3) is 0.688. The number of likely N-dealkylation sites (N-methyl/N-ethyl adjacent to an activating group) is 1. The van der Waals surface area contributed by atoms with Crippen molar-refractivity contribution in [2.45, 2.75) is 38.6 Å². The smallest absolute Gasteiger partial charge is 0.0416 e. The summed E-state index contributed by atoms with van der Waals surface area (Å²) in [6.45, 7) is 5.75. The molecule has 106 valence electrons. The van der Waals surface area contributed by atoms with Crippen LogP contribution in [0, 0.1) is 5.92 Å². The summed E-state index contributed by atoms with van der Waals surface area (Å²) in [6, 6.07) is 6.83. The highest BCUT2D eigenvalue weighted by atomic mass is 15.1. The van der Waals surface area contributed by atoms with E-state index in [0.717, 1.165) is 25.4 Å². The molecular formula is C16H27N3. The van der Waals surface area contributed by atoms with Crippen LogP contribution in [0.5, 0.6) is 0 Å². The lowest BCUT2D eigenvalue weighted by Crippen LogP contribution is -2.45. The first kappa shape index (κ1) is 14.5. The lowest BCUT2D eigenvalue weighted by Gasteiger charge is -2.32. The van der Waals surface area contributed by atoms with Gasteiger partial charge in [-0.3, -0.25) is 4.98 Å². The molecule has 0 bridgehead atoms. The van der Waals surface area contributed by atoms with Crippen LogP contribution >= 0.6 is 0 Å². The minimum Gasteiger partial charge on any atom is -0.313 e. The first-order valence-corrected chi connectivity index (χ1v) is 7.59. The third-order valence-corrected chi connectivity index (χ3v) is 4.19. The van der Waals surface area contributed by atoms with Crippen LogP contribution in [-0.4, -0.2) is 42.6 Å². The summed E-state index contributed by atoms with van der Waals surface area (Å²) in [5.41, 5.74) is 1.19. The summed E-state index contributed by atoms with van der Waals surface area (Å²) in [7, 11) is 2.22. The van der Waals surface area contributed by atoms with Crippen LogP contribution in [0.1, 0.15) is 31.9 Å². The summed E-state index contributed by atoms with van der Waals surface area (Å²) in [5, 5.41) is 3.66. The summed E-state index contributed by atoms with van der Waals surface area (Å²) in [5.74, 6) is 0.926. The largest absolute Gasteiger partial charge is 0.313 e. The maximum Gasteiger partial charge on any atom is 0.0416 e. The molecule has 1 fully saturated rings. The van der Waals surface area contributed by atoms with Crippen molar-refractivity contribution >= 4 is 0 Å². The fourth-order valence-corrected chi connectivity index (χ4v) is 2.92. The van der Waals surface area contributed by atoms with Gasteiger partial charge in [0.2, 0.25) is 0 Å². The van der Waals surface area contributed by atoms with Gasteiger partial charge in [-0.2, -0.15) is 0 Å². The Morgan fingerprint density at radius 3 is 3.05 bits per heavy atom. The zero-order valence-electron chi connectivity index (χ0n) is 12.3. The van der Waals surface area contributed by atoms with Gasteiger partial charge in [-0.15, -0.1) is 0 Å². The minimum absolute atomic E-state index is 0.674. The molecule has 0 aliphatic carbocycles. The zero-order valence-corrected chi connectivity index (χ0v) is 12.3. The van der Waals surface area contributed by atoms with Crippen molar-refractivity contribution in [1.29, 1.82) is 0 Å². The molecule has 1 N–H and O–H groups in total. The van der Waals surface area contributed by atoms with Gasteiger partial charge in [0.25, 0.3) is 0 Å². The lowest BCUT2D eigenvalue weighted by atomic mass is 9.90. The van der Waals surface area contributed by atoms with Gasteiger partial charge in [-0.05, 0) is 44.5 Å². The van der Waals surface area contributed by atoms with Crippen LogP contribution in [0.3, 0.4) is 0 Å². The fourth-order valence-electron chi connectivity index (χ4n) is 2.92. The number of hydrogen-bond donors (Lipinski definition) is 1. The van der Waals surface area contributed by atoms with E-state index in [1.807, 2.05) is 12.3 Å². The molecule has 1 aromatic heterocycles. The van der Waals surface area contributed by atoms with Gasteiger partial charge in [0.15, 0.2) is 0 Å². The van der Waals surface area contributed by atoms with Crippen LogP contribution in [-0.2, 0) is 6.42 Å². The summed E-state index contributed by atoms with van der Waals surface area (Å²) in [6.07, 6.45) is 6.94. The summed E-state index contributed by atoms with van der Waals surface area (Å²) >= 11 is 0. The topological polar surface area (TPSA) is 28.2 Å². The first-order chi connectivity index (χ1) is 9.28. The number of pyridine rings is 1. The predicted octanol–water partition coefficient (Wildman–Crippen LogP) is 2.33.